The van der Waals surface area contributed by atoms with Gasteiger partial charge in [0, 0.05) is 31.5 Å². The predicted octanol–water partition coefficient (Wildman–Crippen LogP) is 10.5. The lowest BCUT2D eigenvalue weighted by Gasteiger charge is -2.27. The molecule has 0 aliphatic rings. The van der Waals surface area contributed by atoms with E-state index in [1.807, 2.05) is 0 Å². The monoisotopic (exact) mass is 614 g/mol. The van der Waals surface area contributed by atoms with Crippen molar-refractivity contribution in [2.45, 2.75) is 151 Å². The van der Waals surface area contributed by atoms with Gasteiger partial charge in [-0.15, -0.1) is 0 Å². The van der Waals surface area contributed by atoms with Gasteiger partial charge in [-0.25, -0.2) is 0 Å². The van der Waals surface area contributed by atoms with E-state index in [1.54, 1.807) is 0 Å². The molecule has 10 atom stereocenters. The number of hydrogen-bond donors (Lipinski definition) is 6. The zero-order valence-corrected chi connectivity index (χ0v) is 30.0. The highest BCUT2D eigenvalue weighted by Gasteiger charge is 2.22. The molecule has 36 heavy (non-hydrogen) atoms. The topological polar surface area (TPSA) is 0 Å². The fourth-order valence-corrected chi connectivity index (χ4v) is 6.14. The Hall–Kier alpha value is 2.10. The molecule has 218 valence electrons. The first-order valence-electron chi connectivity index (χ1n) is 14.8. The van der Waals surface area contributed by atoms with Gasteiger partial charge in [0.05, 0.1) is 0 Å². The third-order valence-corrected chi connectivity index (χ3v) is 13.4. The minimum absolute atomic E-state index is 0.443. The highest BCUT2D eigenvalue weighted by atomic mass is 32.1. The molecule has 0 heterocycles. The van der Waals surface area contributed by atoms with Crippen molar-refractivity contribution >= 4 is 75.8 Å². The van der Waals surface area contributed by atoms with Crippen molar-refractivity contribution in [3.8, 4) is 0 Å². The van der Waals surface area contributed by atoms with E-state index in [4.69, 9.17) is 75.8 Å². The normalized spacial score (nSPS) is 21.0. The minimum Gasteiger partial charge on any atom is -0.176 e. The molecule has 6 heteroatoms. The van der Waals surface area contributed by atoms with Gasteiger partial charge in [0.25, 0.3) is 0 Å². The average molecular weight is 615 g/mol. The van der Waals surface area contributed by atoms with Gasteiger partial charge in [-0.05, 0) is 99.7 Å². The van der Waals surface area contributed by atoms with Crippen LogP contribution in [0.1, 0.15) is 120 Å². The van der Waals surface area contributed by atoms with Gasteiger partial charge in [0.2, 0.25) is 0 Å². The molecular weight excluding hydrogens is 553 g/mol. The van der Waals surface area contributed by atoms with Gasteiger partial charge in [-0.2, -0.15) is 75.8 Å². The maximum atomic E-state index is 4.99. The first kappa shape index (κ1) is 38.1. The summed E-state index contributed by atoms with van der Waals surface area (Å²) in [6, 6.07) is 0. The van der Waals surface area contributed by atoms with Gasteiger partial charge < -0.3 is 0 Å². The third-order valence-electron chi connectivity index (χ3n) is 8.60. The van der Waals surface area contributed by atoms with Crippen LogP contribution in [0.3, 0.4) is 0 Å². The van der Waals surface area contributed by atoms with Gasteiger partial charge in [-0.1, -0.05) is 55.4 Å². The van der Waals surface area contributed by atoms with E-state index in [-0.39, 0.29) is 0 Å². The van der Waals surface area contributed by atoms with Gasteiger partial charge in [-0.3, -0.25) is 0 Å². The van der Waals surface area contributed by atoms with Crippen molar-refractivity contribution in [3.63, 3.8) is 0 Å². The second-order valence-electron chi connectivity index (χ2n) is 12.7. The largest absolute Gasteiger partial charge is 0.176 e. The third kappa shape index (κ3) is 17.0. The summed E-state index contributed by atoms with van der Waals surface area (Å²) in [6.07, 6.45) is 11.9. The Morgan fingerprint density at radius 2 is 0.444 bits per heavy atom. The Morgan fingerprint density at radius 3 is 0.639 bits per heavy atom. The molecule has 0 aliphatic heterocycles. The summed E-state index contributed by atoms with van der Waals surface area (Å²) in [7, 11) is 0. The smallest absolute Gasteiger partial charge is 0.00428 e. The molecule has 0 aliphatic carbocycles. The first-order chi connectivity index (χ1) is 16.7. The molecule has 0 spiro atoms. The molecule has 0 bridgehead atoms. The zero-order valence-electron chi connectivity index (χ0n) is 24.7. The predicted molar refractivity (Wildman–Crippen MR) is 189 cm³/mol. The van der Waals surface area contributed by atoms with Crippen molar-refractivity contribution < 1.29 is 0 Å². The second kappa shape index (κ2) is 20.9. The van der Waals surface area contributed by atoms with Crippen LogP contribution in [-0.2, 0) is 0 Å². The molecule has 0 N–H and O–H groups in total. The molecule has 0 amide bonds. The van der Waals surface area contributed by atoms with Crippen LogP contribution in [-0.4, -0.2) is 31.5 Å². The van der Waals surface area contributed by atoms with E-state index in [2.05, 4.69) is 55.4 Å². The van der Waals surface area contributed by atoms with E-state index < -0.39 is 0 Å². The molecule has 0 aromatic rings. The van der Waals surface area contributed by atoms with E-state index in [1.165, 1.54) is 51.4 Å². The number of rotatable bonds is 21. The van der Waals surface area contributed by atoms with Crippen LogP contribution in [0.25, 0.3) is 0 Å². The van der Waals surface area contributed by atoms with E-state index in [9.17, 15) is 0 Å². The van der Waals surface area contributed by atoms with Crippen LogP contribution in [0, 0.1) is 35.5 Å². The molecule has 10 unspecified atom stereocenters. The van der Waals surface area contributed by atoms with Crippen molar-refractivity contribution in [3.05, 3.63) is 0 Å². The zero-order chi connectivity index (χ0) is 28.0. The summed E-state index contributed by atoms with van der Waals surface area (Å²) < 4.78 is 0. The Labute approximate surface area is 260 Å². The van der Waals surface area contributed by atoms with Crippen LogP contribution in [0.15, 0.2) is 0 Å². The summed E-state index contributed by atoms with van der Waals surface area (Å²) in [5, 5.41) is 2.83. The molecule has 0 saturated heterocycles. The first-order valence-corrected chi connectivity index (χ1v) is 17.8. The molecule has 0 saturated carbocycles. The molecule has 0 aromatic heterocycles. The Balaban J connectivity index is 4.24. The Morgan fingerprint density at radius 1 is 0.278 bits per heavy atom. The summed E-state index contributed by atoms with van der Waals surface area (Å²) in [5.74, 6) is 3.80. The van der Waals surface area contributed by atoms with Crippen LogP contribution in [0.5, 0.6) is 0 Å². The van der Waals surface area contributed by atoms with Crippen molar-refractivity contribution in [1.29, 1.82) is 0 Å². The van der Waals surface area contributed by atoms with Gasteiger partial charge in [0.15, 0.2) is 0 Å². The lowest BCUT2D eigenvalue weighted by molar-refractivity contribution is 0.388. The lowest BCUT2D eigenvalue weighted by atomic mass is 9.89. The molecule has 0 radical (unpaired) electrons. The fraction of sp³-hybridized carbons (Fsp3) is 1.00. The van der Waals surface area contributed by atoms with Crippen molar-refractivity contribution in [1.82, 2.24) is 0 Å². The molecule has 0 nitrogen and oxygen atoms in total. The fourth-order valence-electron chi connectivity index (χ4n) is 4.65. The molecule has 0 rings (SSSR count). The van der Waals surface area contributed by atoms with Gasteiger partial charge in [0.1, 0.15) is 0 Å². The highest BCUT2D eigenvalue weighted by molar-refractivity contribution is 7.81. The lowest BCUT2D eigenvalue weighted by Crippen LogP contribution is -2.21. The molecule has 0 aromatic carbocycles. The number of hydrogen-bond acceptors (Lipinski definition) is 6. The average Bonchev–Trinajstić information content (AvgIpc) is 2.84. The van der Waals surface area contributed by atoms with Crippen LogP contribution >= 0.6 is 75.8 Å². The van der Waals surface area contributed by atoms with E-state index in [0.29, 0.717) is 67.0 Å². The van der Waals surface area contributed by atoms with Crippen molar-refractivity contribution in [2.75, 3.05) is 0 Å². The summed E-state index contributed by atoms with van der Waals surface area (Å²) in [6.45, 7) is 18.5. The maximum absolute atomic E-state index is 4.99. The summed E-state index contributed by atoms with van der Waals surface area (Å²) in [4.78, 5) is 0. The van der Waals surface area contributed by atoms with Crippen LogP contribution in [0.4, 0.5) is 0 Å². The summed E-state index contributed by atoms with van der Waals surface area (Å²) in [5.41, 5.74) is 0. The van der Waals surface area contributed by atoms with Crippen LogP contribution in [0.2, 0.25) is 0 Å². The van der Waals surface area contributed by atoms with Crippen molar-refractivity contribution in [2.24, 2.45) is 35.5 Å². The molecular formula is C30H62S6. The maximum Gasteiger partial charge on any atom is 0.00428 e. The summed E-state index contributed by atoms with van der Waals surface area (Å²) >= 11 is 29.4. The SMILES string of the molecule is CC(C)C(S)CCC(C)C(S)CCC(C)C(S)CCC(S)C(C)CCC(S)C(C)CCC(S)C(C)C. The number of thiol groups is 6. The minimum atomic E-state index is 0.443. The molecule has 0 fully saturated rings. The quantitative estimate of drug-likeness (QED) is 0.0681. The van der Waals surface area contributed by atoms with E-state index >= 15 is 0 Å². The Bertz CT molecular complexity index is 482. The van der Waals surface area contributed by atoms with Gasteiger partial charge >= 0.3 is 0 Å². The van der Waals surface area contributed by atoms with E-state index in [0.717, 1.165) is 12.8 Å². The highest BCUT2D eigenvalue weighted by Crippen LogP contribution is 2.31. The Kier molecular flexibility index (Phi) is 22.1. The van der Waals surface area contributed by atoms with Crippen LogP contribution < -0.4 is 0 Å². The standard InChI is InChI=1S/C30H62S6/c1-19(2)25(31)13-9-21(5)27(33)15-11-23(7)29(35)17-18-30(36)24(8)12-16-28(34)22(6)10-14-26(32)20(3)4/h19-36H,9-18H2,1-8H3. The second-order valence-corrected chi connectivity index (χ2v) is 16.7.